The first-order valence-corrected chi connectivity index (χ1v) is 12.2. The fourth-order valence-electron chi connectivity index (χ4n) is 2.96. The SMILES string of the molecule is COc1cc(C=CC(=O)CC(=O)C=Cc2ccc(OCCCCl)c(OC)c2)ccc1OCCCCl. The number of ether oxygens (including phenoxy) is 4. The number of halogens is 2. The van der Waals surface area contributed by atoms with Crippen LogP contribution in [0, 0.1) is 0 Å². The molecule has 188 valence electrons. The summed E-state index contributed by atoms with van der Waals surface area (Å²) in [6.07, 6.45) is 7.25. The third-order valence-electron chi connectivity index (χ3n) is 4.72. The van der Waals surface area contributed by atoms with Gasteiger partial charge in [-0.05, 0) is 60.4 Å². The molecule has 2 aromatic carbocycles. The Morgan fingerprint density at radius 2 is 1.14 bits per heavy atom. The highest BCUT2D eigenvalue weighted by Gasteiger charge is 2.08. The summed E-state index contributed by atoms with van der Waals surface area (Å²) in [5, 5.41) is 0. The molecule has 0 aliphatic heterocycles. The van der Waals surface area contributed by atoms with Crippen molar-refractivity contribution in [3.05, 3.63) is 59.7 Å². The number of ketones is 2. The predicted octanol–water partition coefficient (Wildman–Crippen LogP) is 5.97. The Hall–Kier alpha value is -2.96. The molecule has 0 spiro atoms. The van der Waals surface area contributed by atoms with E-state index in [-0.39, 0.29) is 18.0 Å². The van der Waals surface area contributed by atoms with Crippen LogP contribution in [0.3, 0.4) is 0 Å². The van der Waals surface area contributed by atoms with E-state index in [0.717, 1.165) is 24.0 Å². The first-order chi connectivity index (χ1) is 17.0. The minimum absolute atomic E-state index is 0.236. The van der Waals surface area contributed by atoms with Gasteiger partial charge < -0.3 is 18.9 Å². The monoisotopic (exact) mass is 520 g/mol. The van der Waals surface area contributed by atoms with E-state index >= 15 is 0 Å². The zero-order chi connectivity index (χ0) is 25.5. The van der Waals surface area contributed by atoms with Crippen LogP contribution in [0.1, 0.15) is 30.4 Å². The highest BCUT2D eigenvalue weighted by Crippen LogP contribution is 2.29. The van der Waals surface area contributed by atoms with E-state index in [1.165, 1.54) is 12.2 Å². The van der Waals surface area contributed by atoms with Gasteiger partial charge in [-0.2, -0.15) is 0 Å². The Labute approximate surface area is 216 Å². The number of rotatable bonds is 16. The second kappa shape index (κ2) is 15.8. The summed E-state index contributed by atoms with van der Waals surface area (Å²) in [5.74, 6) is 2.75. The van der Waals surface area contributed by atoms with Gasteiger partial charge in [0.2, 0.25) is 0 Å². The summed E-state index contributed by atoms with van der Waals surface area (Å²) < 4.78 is 22.0. The lowest BCUT2D eigenvalue weighted by Crippen LogP contribution is -2.02. The van der Waals surface area contributed by atoms with Gasteiger partial charge in [-0.1, -0.05) is 24.3 Å². The number of benzene rings is 2. The maximum atomic E-state index is 12.2. The van der Waals surface area contributed by atoms with Crippen molar-refractivity contribution in [2.45, 2.75) is 19.3 Å². The molecule has 0 aliphatic rings. The molecule has 0 amide bonds. The quantitative estimate of drug-likeness (QED) is 0.117. The van der Waals surface area contributed by atoms with Crippen LogP contribution in [0.25, 0.3) is 12.2 Å². The first-order valence-electron chi connectivity index (χ1n) is 11.2. The molecule has 0 fully saturated rings. The lowest BCUT2D eigenvalue weighted by atomic mass is 10.1. The molecule has 0 radical (unpaired) electrons. The standard InChI is InChI=1S/C27H30Cl2O6/c1-32-26-17-20(7-11-24(26)34-15-3-13-28)5-9-22(30)19-23(31)10-6-21-8-12-25(27(18-21)33-2)35-16-4-14-29/h5-12,17-18H,3-4,13-16,19H2,1-2H3. The third kappa shape index (κ3) is 10.0. The minimum atomic E-state index is -0.304. The summed E-state index contributed by atoms with van der Waals surface area (Å²) in [6.45, 7) is 0.977. The van der Waals surface area contributed by atoms with E-state index in [0.29, 0.717) is 48.0 Å². The van der Waals surface area contributed by atoms with E-state index in [9.17, 15) is 9.59 Å². The van der Waals surface area contributed by atoms with Crippen LogP contribution in [0.15, 0.2) is 48.6 Å². The molecule has 0 N–H and O–H groups in total. The molecule has 0 heterocycles. The average Bonchev–Trinajstić information content (AvgIpc) is 2.87. The smallest absolute Gasteiger partial charge is 0.163 e. The van der Waals surface area contributed by atoms with Gasteiger partial charge in [0.05, 0.1) is 33.9 Å². The summed E-state index contributed by atoms with van der Waals surface area (Å²) >= 11 is 11.3. The van der Waals surface area contributed by atoms with Crippen LogP contribution in [-0.2, 0) is 9.59 Å². The molecule has 0 saturated heterocycles. The van der Waals surface area contributed by atoms with Gasteiger partial charge >= 0.3 is 0 Å². The second-order valence-corrected chi connectivity index (χ2v) is 8.13. The molecule has 6 nitrogen and oxygen atoms in total. The lowest BCUT2D eigenvalue weighted by molar-refractivity contribution is -0.121. The van der Waals surface area contributed by atoms with Crippen molar-refractivity contribution in [1.82, 2.24) is 0 Å². The van der Waals surface area contributed by atoms with E-state index in [4.69, 9.17) is 42.1 Å². The van der Waals surface area contributed by atoms with Gasteiger partial charge in [-0.3, -0.25) is 9.59 Å². The molecule has 0 saturated carbocycles. The molecular formula is C27H30Cl2O6. The highest BCUT2D eigenvalue weighted by molar-refractivity contribution is 6.18. The topological polar surface area (TPSA) is 71.1 Å². The third-order valence-corrected chi connectivity index (χ3v) is 5.25. The molecule has 2 rings (SSSR count). The van der Waals surface area contributed by atoms with Crippen molar-refractivity contribution in [3.8, 4) is 23.0 Å². The molecular weight excluding hydrogens is 491 g/mol. The fourth-order valence-corrected chi connectivity index (χ4v) is 3.17. The molecule has 0 aliphatic carbocycles. The van der Waals surface area contributed by atoms with Crippen molar-refractivity contribution in [3.63, 3.8) is 0 Å². The summed E-state index contributed by atoms with van der Waals surface area (Å²) in [4.78, 5) is 24.5. The molecule has 8 heteroatoms. The van der Waals surface area contributed by atoms with E-state index in [1.54, 1.807) is 62.8 Å². The fraction of sp³-hybridized carbons (Fsp3) is 0.333. The van der Waals surface area contributed by atoms with Gasteiger partial charge in [-0.15, -0.1) is 23.2 Å². The largest absolute Gasteiger partial charge is 0.493 e. The van der Waals surface area contributed by atoms with Crippen LogP contribution in [0.4, 0.5) is 0 Å². The maximum Gasteiger partial charge on any atom is 0.163 e. The number of alkyl halides is 2. The molecule has 0 bridgehead atoms. The Bertz CT molecular complexity index is 951. The number of allylic oxidation sites excluding steroid dienone is 2. The molecule has 0 unspecified atom stereocenters. The Balaban J connectivity index is 1.93. The number of methoxy groups -OCH3 is 2. The molecule has 0 aromatic heterocycles. The van der Waals surface area contributed by atoms with Gasteiger partial charge in [-0.25, -0.2) is 0 Å². The number of carbonyl (C=O) groups excluding carboxylic acids is 2. The van der Waals surface area contributed by atoms with Gasteiger partial charge in [0, 0.05) is 11.8 Å². The van der Waals surface area contributed by atoms with Crippen molar-refractivity contribution in [1.29, 1.82) is 0 Å². The van der Waals surface area contributed by atoms with Crippen molar-refractivity contribution in [2.75, 3.05) is 39.2 Å². The minimum Gasteiger partial charge on any atom is -0.493 e. The Morgan fingerprint density at radius 1 is 0.714 bits per heavy atom. The van der Waals surface area contributed by atoms with Crippen LogP contribution in [0.5, 0.6) is 23.0 Å². The van der Waals surface area contributed by atoms with Gasteiger partial charge in [0.25, 0.3) is 0 Å². The van der Waals surface area contributed by atoms with E-state index in [2.05, 4.69) is 0 Å². The maximum absolute atomic E-state index is 12.2. The Morgan fingerprint density at radius 3 is 1.51 bits per heavy atom. The summed E-state index contributed by atoms with van der Waals surface area (Å²) in [5.41, 5.74) is 1.51. The number of carbonyl (C=O) groups is 2. The van der Waals surface area contributed by atoms with E-state index in [1.807, 2.05) is 0 Å². The van der Waals surface area contributed by atoms with Crippen molar-refractivity contribution >= 4 is 46.9 Å². The highest BCUT2D eigenvalue weighted by atomic mass is 35.5. The number of hydrogen-bond acceptors (Lipinski definition) is 6. The lowest BCUT2D eigenvalue weighted by Gasteiger charge is -2.10. The van der Waals surface area contributed by atoms with Crippen LogP contribution >= 0.6 is 23.2 Å². The van der Waals surface area contributed by atoms with Crippen LogP contribution in [0.2, 0.25) is 0 Å². The average molecular weight is 521 g/mol. The second-order valence-electron chi connectivity index (χ2n) is 7.38. The molecule has 2 aromatic rings. The summed E-state index contributed by atoms with van der Waals surface area (Å²) in [6, 6.07) is 10.7. The Kier molecular flexibility index (Phi) is 12.8. The van der Waals surface area contributed by atoms with Crippen LogP contribution < -0.4 is 18.9 Å². The molecule has 0 atom stereocenters. The zero-order valence-electron chi connectivity index (χ0n) is 19.9. The molecule has 35 heavy (non-hydrogen) atoms. The van der Waals surface area contributed by atoms with Crippen molar-refractivity contribution < 1.29 is 28.5 Å². The summed E-state index contributed by atoms with van der Waals surface area (Å²) in [7, 11) is 3.09. The van der Waals surface area contributed by atoms with Gasteiger partial charge in [0.1, 0.15) is 0 Å². The van der Waals surface area contributed by atoms with Gasteiger partial charge in [0.15, 0.2) is 34.6 Å². The van der Waals surface area contributed by atoms with Crippen LogP contribution in [-0.4, -0.2) is 50.8 Å². The van der Waals surface area contributed by atoms with Crippen molar-refractivity contribution in [2.24, 2.45) is 0 Å². The number of hydrogen-bond donors (Lipinski definition) is 0. The zero-order valence-corrected chi connectivity index (χ0v) is 21.4. The van der Waals surface area contributed by atoms with E-state index < -0.39 is 0 Å². The normalized spacial score (nSPS) is 11.1. The first kappa shape index (κ1) is 28.3. The predicted molar refractivity (Wildman–Crippen MR) is 140 cm³/mol.